The van der Waals surface area contributed by atoms with E-state index in [1.807, 2.05) is 18.2 Å². The smallest absolute Gasteiger partial charge is 0.251 e. The fraction of sp³-hybridized carbons (Fsp3) is 0.278. The second-order valence-corrected chi connectivity index (χ2v) is 8.29. The van der Waals surface area contributed by atoms with Crippen LogP contribution in [0.4, 0.5) is 0 Å². The molecule has 0 spiro atoms. The molecule has 24 heavy (non-hydrogen) atoms. The third-order valence-corrected chi connectivity index (χ3v) is 5.65. The molecule has 0 unspecified atom stereocenters. The summed E-state index contributed by atoms with van der Waals surface area (Å²) < 4.78 is 22.5. The van der Waals surface area contributed by atoms with Crippen LogP contribution >= 0.6 is 0 Å². The average molecular weight is 344 g/mol. The van der Waals surface area contributed by atoms with Gasteiger partial charge in [-0.1, -0.05) is 44.2 Å². The fourth-order valence-corrected chi connectivity index (χ4v) is 3.73. The van der Waals surface area contributed by atoms with Gasteiger partial charge in [-0.15, -0.1) is 0 Å². The monoisotopic (exact) mass is 344 g/mol. The van der Waals surface area contributed by atoms with Gasteiger partial charge in [-0.3, -0.25) is 4.79 Å². The van der Waals surface area contributed by atoms with E-state index >= 15 is 0 Å². The predicted molar refractivity (Wildman–Crippen MR) is 92.0 cm³/mol. The fourth-order valence-electron chi connectivity index (χ4n) is 3.21. The molecule has 2 aromatic carbocycles. The molecule has 1 aliphatic carbocycles. The Morgan fingerprint density at radius 1 is 1.04 bits per heavy atom. The van der Waals surface area contributed by atoms with Crippen LogP contribution in [0, 0.1) is 5.41 Å². The largest absolute Gasteiger partial charge is 0.348 e. The van der Waals surface area contributed by atoms with Crippen molar-refractivity contribution in [3.8, 4) is 0 Å². The molecule has 0 bridgehead atoms. The van der Waals surface area contributed by atoms with Gasteiger partial charge in [0.1, 0.15) is 0 Å². The van der Waals surface area contributed by atoms with E-state index in [2.05, 4.69) is 31.3 Å². The van der Waals surface area contributed by atoms with Crippen LogP contribution in [0.15, 0.2) is 59.5 Å². The predicted octanol–water partition coefficient (Wildman–Crippen LogP) is 2.26. The zero-order valence-electron chi connectivity index (χ0n) is 13.6. The third kappa shape index (κ3) is 3.07. The summed E-state index contributed by atoms with van der Waals surface area (Å²) >= 11 is 0. The molecular formula is C18H20N2O3S. The van der Waals surface area contributed by atoms with Gasteiger partial charge in [0.25, 0.3) is 5.91 Å². The van der Waals surface area contributed by atoms with E-state index in [4.69, 9.17) is 5.14 Å². The summed E-state index contributed by atoms with van der Waals surface area (Å²) in [5, 5.41) is 8.11. The minimum atomic E-state index is -3.75. The van der Waals surface area contributed by atoms with Crippen LogP contribution < -0.4 is 10.5 Å². The van der Waals surface area contributed by atoms with E-state index in [0.717, 1.165) is 0 Å². The van der Waals surface area contributed by atoms with Gasteiger partial charge in [-0.05, 0) is 35.2 Å². The maximum atomic E-state index is 12.4. The first-order chi connectivity index (χ1) is 11.2. The van der Waals surface area contributed by atoms with E-state index in [9.17, 15) is 13.2 Å². The number of carbonyl (C=O) groups excluding carboxylic acids is 1. The summed E-state index contributed by atoms with van der Waals surface area (Å²) in [5.74, 6) is 0.0545. The van der Waals surface area contributed by atoms with Crippen LogP contribution in [-0.4, -0.2) is 20.4 Å². The molecule has 1 aliphatic rings. The molecule has 1 saturated carbocycles. The first kappa shape index (κ1) is 16.7. The number of amides is 1. The van der Waals surface area contributed by atoms with Crippen molar-refractivity contribution in [2.45, 2.75) is 30.7 Å². The highest BCUT2D eigenvalue weighted by Gasteiger charge is 2.59. The van der Waals surface area contributed by atoms with Crippen LogP contribution in [0.2, 0.25) is 0 Å². The molecule has 5 nitrogen and oxygen atoms in total. The Kier molecular flexibility index (Phi) is 3.97. The lowest BCUT2D eigenvalue weighted by atomic mass is 10.0. The Balaban J connectivity index is 1.74. The number of hydrogen-bond donors (Lipinski definition) is 2. The highest BCUT2D eigenvalue weighted by molar-refractivity contribution is 7.89. The number of nitrogens with one attached hydrogen (secondary N) is 1. The maximum absolute atomic E-state index is 12.4. The number of benzene rings is 2. The Morgan fingerprint density at radius 2 is 1.62 bits per heavy atom. The molecule has 3 rings (SSSR count). The zero-order chi connectivity index (χ0) is 17.5. The molecule has 1 amide bonds. The van der Waals surface area contributed by atoms with Gasteiger partial charge in [0.2, 0.25) is 10.0 Å². The summed E-state index contributed by atoms with van der Waals surface area (Å²) in [7, 11) is -3.75. The van der Waals surface area contributed by atoms with Crippen LogP contribution in [0.3, 0.4) is 0 Å². The van der Waals surface area contributed by atoms with Gasteiger partial charge in [0.15, 0.2) is 0 Å². The van der Waals surface area contributed by atoms with E-state index in [0.29, 0.717) is 5.56 Å². The molecule has 0 aromatic heterocycles. The first-order valence-electron chi connectivity index (χ1n) is 7.70. The summed E-state index contributed by atoms with van der Waals surface area (Å²) in [4.78, 5) is 12.4. The van der Waals surface area contributed by atoms with Crippen LogP contribution in [0.25, 0.3) is 0 Å². The van der Waals surface area contributed by atoms with Crippen molar-refractivity contribution in [3.05, 3.63) is 65.7 Å². The normalized spacial score (nSPS) is 22.0. The van der Waals surface area contributed by atoms with Crippen molar-refractivity contribution >= 4 is 15.9 Å². The Hall–Kier alpha value is -2.18. The number of rotatable bonds is 4. The second-order valence-electron chi connectivity index (χ2n) is 6.73. The number of primary sulfonamides is 1. The molecule has 126 valence electrons. The second kappa shape index (κ2) is 5.72. The third-order valence-electron chi connectivity index (χ3n) is 4.72. The van der Waals surface area contributed by atoms with Crippen LogP contribution in [0.1, 0.15) is 35.7 Å². The zero-order valence-corrected chi connectivity index (χ0v) is 14.4. The standard InChI is InChI=1S/C18H20N2O3S/c1-18(2)15(12-6-4-3-5-7-12)16(18)20-17(21)13-8-10-14(11-9-13)24(19,22)23/h3-11,15-16H,1-2H3,(H,20,21)(H2,19,22,23)/t15-,16-/m0/s1. The number of nitrogens with two attached hydrogens (primary N) is 1. The van der Waals surface area contributed by atoms with Crippen molar-refractivity contribution in [2.75, 3.05) is 0 Å². The summed E-state index contributed by atoms with van der Waals surface area (Å²) in [6.45, 7) is 4.25. The first-order valence-corrected chi connectivity index (χ1v) is 9.24. The summed E-state index contributed by atoms with van der Waals surface area (Å²) in [5.41, 5.74) is 1.60. The lowest BCUT2D eigenvalue weighted by Crippen LogP contribution is -2.28. The summed E-state index contributed by atoms with van der Waals surface area (Å²) in [6, 6.07) is 15.8. The van der Waals surface area contributed by atoms with Gasteiger partial charge in [0, 0.05) is 17.5 Å². The van der Waals surface area contributed by atoms with Crippen molar-refractivity contribution in [1.82, 2.24) is 5.32 Å². The number of carbonyl (C=O) groups is 1. The quantitative estimate of drug-likeness (QED) is 0.891. The molecule has 0 saturated heterocycles. The van der Waals surface area contributed by atoms with E-state index in [1.165, 1.54) is 29.8 Å². The minimum absolute atomic E-state index is 0.00651. The van der Waals surface area contributed by atoms with Gasteiger partial charge < -0.3 is 5.32 Å². The molecule has 0 radical (unpaired) electrons. The van der Waals surface area contributed by atoms with E-state index in [1.54, 1.807) is 0 Å². The van der Waals surface area contributed by atoms with Crippen molar-refractivity contribution in [3.63, 3.8) is 0 Å². The minimum Gasteiger partial charge on any atom is -0.348 e. The SMILES string of the molecule is CC1(C)[C@@H](NC(=O)c2ccc(S(N)(=O)=O)cc2)[C@@H]1c1ccccc1. The highest BCUT2D eigenvalue weighted by atomic mass is 32.2. The average Bonchev–Trinajstić information content (AvgIpc) is 3.08. The molecule has 2 atom stereocenters. The van der Waals surface area contributed by atoms with Crippen LogP contribution in [0.5, 0.6) is 0 Å². The highest BCUT2D eigenvalue weighted by Crippen LogP contribution is 2.58. The van der Waals surface area contributed by atoms with Gasteiger partial charge in [-0.25, -0.2) is 13.6 Å². The van der Waals surface area contributed by atoms with Gasteiger partial charge in [0.05, 0.1) is 4.90 Å². The topological polar surface area (TPSA) is 89.3 Å². The molecule has 6 heteroatoms. The van der Waals surface area contributed by atoms with Crippen molar-refractivity contribution in [2.24, 2.45) is 10.6 Å². The lowest BCUT2D eigenvalue weighted by molar-refractivity contribution is 0.0946. The van der Waals surface area contributed by atoms with Gasteiger partial charge in [-0.2, -0.15) is 0 Å². The summed E-state index contributed by atoms with van der Waals surface area (Å²) in [6.07, 6.45) is 0. The number of hydrogen-bond acceptors (Lipinski definition) is 3. The van der Waals surface area contributed by atoms with Gasteiger partial charge >= 0.3 is 0 Å². The van der Waals surface area contributed by atoms with Crippen LogP contribution in [-0.2, 0) is 10.0 Å². The molecule has 3 N–H and O–H groups in total. The van der Waals surface area contributed by atoms with Crippen molar-refractivity contribution < 1.29 is 13.2 Å². The van der Waals surface area contributed by atoms with E-state index < -0.39 is 10.0 Å². The van der Waals surface area contributed by atoms with Crippen molar-refractivity contribution in [1.29, 1.82) is 0 Å². The molecule has 2 aromatic rings. The molecular weight excluding hydrogens is 324 g/mol. The maximum Gasteiger partial charge on any atom is 0.251 e. The Labute approximate surface area is 141 Å². The molecule has 1 fully saturated rings. The lowest BCUT2D eigenvalue weighted by Gasteiger charge is -2.07. The van der Waals surface area contributed by atoms with E-state index in [-0.39, 0.29) is 28.2 Å². The number of sulfonamides is 1. The molecule has 0 heterocycles. The molecule has 0 aliphatic heterocycles. The Bertz CT molecular complexity index is 859. The Morgan fingerprint density at radius 3 is 2.17 bits per heavy atom.